The van der Waals surface area contributed by atoms with Gasteiger partial charge in [0.15, 0.2) is 11.6 Å². The molecule has 3 aliphatic rings. The summed E-state index contributed by atoms with van der Waals surface area (Å²) in [5.74, 6) is 0.562. The second-order valence-electron chi connectivity index (χ2n) is 11.3. The number of hydrogen-bond acceptors (Lipinski definition) is 7. The molecule has 7 nitrogen and oxygen atoms in total. The Morgan fingerprint density at radius 2 is 1.65 bits per heavy atom. The number of rotatable bonds is 2. The Kier molecular flexibility index (Phi) is 6.31. The highest BCUT2D eigenvalue weighted by Gasteiger charge is 2.49. The van der Waals surface area contributed by atoms with Crippen LogP contribution in [-0.2, 0) is 12.0 Å². The molecule has 1 saturated carbocycles. The number of phenols is 1. The van der Waals surface area contributed by atoms with Crippen LogP contribution in [0.25, 0.3) is 10.8 Å². The van der Waals surface area contributed by atoms with Gasteiger partial charge in [-0.1, -0.05) is 30.3 Å². The first-order chi connectivity index (χ1) is 19.2. The number of nitrogens with zero attached hydrogens (tertiary/aromatic N) is 5. The molecule has 4 heterocycles. The minimum absolute atomic E-state index is 0.00828. The van der Waals surface area contributed by atoms with Gasteiger partial charge < -0.3 is 20.0 Å². The smallest absolute Gasteiger partial charge is 0.166 e. The molecular formula is C31H29F2N5O2. The van der Waals surface area contributed by atoms with E-state index in [4.69, 9.17) is 5.26 Å². The average molecular weight is 542 g/mol. The van der Waals surface area contributed by atoms with E-state index >= 15 is 0 Å². The fourth-order valence-corrected chi connectivity index (χ4v) is 5.88. The minimum atomic E-state index is -0.683. The summed E-state index contributed by atoms with van der Waals surface area (Å²) in [5.41, 5.74) is 1.83. The summed E-state index contributed by atoms with van der Waals surface area (Å²) in [6, 6.07) is 15.8. The van der Waals surface area contributed by atoms with Gasteiger partial charge in [-0.25, -0.2) is 18.7 Å². The highest BCUT2D eigenvalue weighted by Crippen LogP contribution is 2.53. The highest BCUT2D eigenvalue weighted by molar-refractivity contribution is 5.92. The van der Waals surface area contributed by atoms with Gasteiger partial charge in [0.1, 0.15) is 23.5 Å². The zero-order valence-corrected chi connectivity index (χ0v) is 22.1. The van der Waals surface area contributed by atoms with Crippen LogP contribution in [0.5, 0.6) is 5.75 Å². The lowest BCUT2D eigenvalue weighted by atomic mass is 9.86. The molecule has 40 heavy (non-hydrogen) atoms. The Labute approximate surface area is 231 Å². The number of aromatic nitrogens is 2. The van der Waals surface area contributed by atoms with Crippen molar-refractivity contribution in [2.24, 2.45) is 0 Å². The Morgan fingerprint density at radius 3 is 2.33 bits per heavy atom. The minimum Gasteiger partial charge on any atom is -0.508 e. The van der Waals surface area contributed by atoms with Crippen molar-refractivity contribution in [1.29, 1.82) is 5.26 Å². The van der Waals surface area contributed by atoms with E-state index in [0.717, 1.165) is 36.2 Å². The lowest BCUT2D eigenvalue weighted by Gasteiger charge is -2.36. The molecule has 1 aliphatic carbocycles. The molecule has 2 aromatic carbocycles. The molecule has 204 valence electrons. The van der Waals surface area contributed by atoms with Crippen molar-refractivity contribution in [2.75, 3.05) is 29.4 Å². The molecule has 2 fully saturated rings. The maximum Gasteiger partial charge on any atom is 0.166 e. The number of benzene rings is 2. The molecule has 0 amide bonds. The van der Waals surface area contributed by atoms with E-state index in [0.29, 0.717) is 37.3 Å². The Morgan fingerprint density at radius 1 is 0.900 bits per heavy atom. The van der Waals surface area contributed by atoms with E-state index in [1.807, 2.05) is 53.1 Å². The van der Waals surface area contributed by atoms with E-state index in [1.165, 1.54) is 24.0 Å². The zero-order chi connectivity index (χ0) is 28.1. The number of β-amino-alcohol motifs (C(OH)–C–C–N with tert-alkyl or cyclic N) is 1. The van der Waals surface area contributed by atoms with Gasteiger partial charge in [0.05, 0.1) is 17.4 Å². The van der Waals surface area contributed by atoms with Crippen molar-refractivity contribution in [3.63, 3.8) is 0 Å². The monoisotopic (exact) mass is 541 g/mol. The van der Waals surface area contributed by atoms with Gasteiger partial charge in [-0.3, -0.25) is 0 Å². The summed E-state index contributed by atoms with van der Waals surface area (Å²) < 4.78 is 27.9. The summed E-state index contributed by atoms with van der Waals surface area (Å²) in [6.07, 6.45) is 5.45. The topological polar surface area (TPSA) is 96.5 Å². The van der Waals surface area contributed by atoms with Crippen molar-refractivity contribution >= 4 is 22.4 Å². The number of anilines is 2. The summed E-state index contributed by atoms with van der Waals surface area (Å²) in [7, 11) is 0. The van der Waals surface area contributed by atoms with Crippen LogP contribution in [0.15, 0.2) is 60.9 Å². The van der Waals surface area contributed by atoms with Crippen molar-refractivity contribution in [1.82, 2.24) is 9.97 Å². The number of hydrogen-bond donors (Lipinski definition) is 2. The van der Waals surface area contributed by atoms with E-state index in [2.05, 4.69) is 9.97 Å². The van der Waals surface area contributed by atoms with Gasteiger partial charge in [0.2, 0.25) is 0 Å². The summed E-state index contributed by atoms with van der Waals surface area (Å²) in [5, 5.41) is 29.9. The molecule has 0 bridgehead atoms. The lowest BCUT2D eigenvalue weighted by Crippen LogP contribution is -2.38. The fraction of sp³-hybridized carbons (Fsp3) is 0.323. The lowest BCUT2D eigenvalue weighted by molar-refractivity contribution is 0.0839. The SMILES string of the molecule is CC1(O)CCN(c2ncc(F)c3ccccc23)C1.N#Cc1cnc(N2Cc3ccc(O)cc3C3(CC3)C2)c(F)c1. The quantitative estimate of drug-likeness (QED) is 0.361. The predicted octanol–water partition coefficient (Wildman–Crippen LogP) is 5.18. The van der Waals surface area contributed by atoms with Crippen LogP contribution in [0.2, 0.25) is 0 Å². The van der Waals surface area contributed by atoms with Gasteiger partial charge in [-0.15, -0.1) is 0 Å². The number of nitriles is 1. The molecule has 1 atom stereocenters. The second kappa shape index (κ2) is 9.72. The maximum atomic E-state index is 14.2. The molecule has 2 N–H and O–H groups in total. The molecule has 7 rings (SSSR count). The van der Waals surface area contributed by atoms with Crippen molar-refractivity contribution in [3.05, 3.63) is 89.2 Å². The number of pyridine rings is 2. The Hall–Kier alpha value is -4.29. The fourth-order valence-electron chi connectivity index (χ4n) is 5.88. The van der Waals surface area contributed by atoms with Crippen LogP contribution in [-0.4, -0.2) is 45.4 Å². The second-order valence-corrected chi connectivity index (χ2v) is 11.3. The third kappa shape index (κ3) is 4.80. The van der Waals surface area contributed by atoms with Gasteiger partial charge in [0.25, 0.3) is 0 Å². The maximum absolute atomic E-state index is 14.2. The van der Waals surface area contributed by atoms with Crippen LogP contribution >= 0.6 is 0 Å². The first-order valence-corrected chi connectivity index (χ1v) is 13.3. The average Bonchev–Trinajstić information content (AvgIpc) is 3.62. The van der Waals surface area contributed by atoms with E-state index in [1.54, 1.807) is 12.1 Å². The third-order valence-electron chi connectivity index (χ3n) is 8.10. The first kappa shape index (κ1) is 26.0. The molecular weight excluding hydrogens is 512 g/mol. The van der Waals surface area contributed by atoms with Crippen LogP contribution in [0.4, 0.5) is 20.4 Å². The standard InChI is InChI=1S/C17H14FN3O.C14H15FN2O/c18-15-5-11(7-19)8-20-16(15)21-9-12-1-2-13(22)6-14(12)17(10-21)3-4-17;1-14(18)6-7-17(9-14)13-11-5-3-2-4-10(11)12(15)8-16-13/h1-2,5-6,8,22H,3-4,9-10H2;2-5,8,18H,6-7,9H2,1H3. The van der Waals surface area contributed by atoms with Crippen LogP contribution in [0.3, 0.4) is 0 Å². The van der Waals surface area contributed by atoms with Gasteiger partial charge in [-0.05, 0) is 55.5 Å². The van der Waals surface area contributed by atoms with Crippen molar-refractivity contribution < 1.29 is 19.0 Å². The third-order valence-corrected chi connectivity index (χ3v) is 8.10. The molecule has 2 aromatic heterocycles. The number of fused-ring (bicyclic) bond motifs is 3. The molecule has 1 unspecified atom stereocenters. The predicted molar refractivity (Wildman–Crippen MR) is 148 cm³/mol. The van der Waals surface area contributed by atoms with E-state index < -0.39 is 11.4 Å². The van der Waals surface area contributed by atoms with Gasteiger partial charge >= 0.3 is 0 Å². The largest absolute Gasteiger partial charge is 0.508 e. The van der Waals surface area contributed by atoms with Crippen LogP contribution < -0.4 is 9.80 Å². The molecule has 1 saturated heterocycles. The Balaban J connectivity index is 0.000000148. The molecule has 4 aromatic rings. The summed E-state index contributed by atoms with van der Waals surface area (Å²) in [4.78, 5) is 12.3. The van der Waals surface area contributed by atoms with Gasteiger partial charge in [-0.2, -0.15) is 5.26 Å². The normalized spacial score (nSPS) is 20.6. The molecule has 2 aliphatic heterocycles. The summed E-state index contributed by atoms with van der Waals surface area (Å²) >= 11 is 0. The number of phenolic OH excluding ortho intramolecular Hbond substituents is 1. The van der Waals surface area contributed by atoms with Crippen molar-refractivity contribution in [3.8, 4) is 11.8 Å². The van der Waals surface area contributed by atoms with Crippen molar-refractivity contribution in [2.45, 2.75) is 43.7 Å². The van der Waals surface area contributed by atoms with Crippen LogP contribution in [0.1, 0.15) is 42.9 Å². The summed E-state index contributed by atoms with van der Waals surface area (Å²) in [6.45, 7) is 4.36. The van der Waals surface area contributed by atoms with Crippen LogP contribution in [0, 0.1) is 23.0 Å². The molecule has 1 spiro atoms. The first-order valence-electron chi connectivity index (χ1n) is 13.3. The molecule has 0 radical (unpaired) electrons. The number of aromatic hydroxyl groups is 1. The number of halogens is 2. The number of aliphatic hydroxyl groups is 1. The zero-order valence-electron chi connectivity index (χ0n) is 22.1. The molecule has 9 heteroatoms. The highest BCUT2D eigenvalue weighted by atomic mass is 19.1. The van der Waals surface area contributed by atoms with E-state index in [-0.39, 0.29) is 22.5 Å². The van der Waals surface area contributed by atoms with Gasteiger partial charge in [0, 0.05) is 48.6 Å². The Bertz CT molecular complexity index is 1650. The van der Waals surface area contributed by atoms with E-state index in [9.17, 15) is 19.0 Å².